The standard InChI is InChI=1S/C19H28N2O2/c1-19(2,3)23-18(22)21-10-9-17(13-21)20-12-14-5-4-6-16(11-14)15-7-8-15/h4-6,11,15,17,20H,7-10,12-13H2,1-3H3. The lowest BCUT2D eigenvalue weighted by Gasteiger charge is -2.24. The lowest BCUT2D eigenvalue weighted by Crippen LogP contribution is -2.38. The summed E-state index contributed by atoms with van der Waals surface area (Å²) < 4.78 is 5.44. The molecule has 1 saturated carbocycles. The zero-order chi connectivity index (χ0) is 16.4. The molecule has 0 radical (unpaired) electrons. The summed E-state index contributed by atoms with van der Waals surface area (Å²) in [5, 5.41) is 3.58. The Morgan fingerprint density at radius 3 is 2.78 bits per heavy atom. The largest absolute Gasteiger partial charge is 0.444 e. The van der Waals surface area contributed by atoms with E-state index in [9.17, 15) is 4.79 Å². The van der Waals surface area contributed by atoms with Gasteiger partial charge in [0.2, 0.25) is 0 Å². The molecule has 1 N–H and O–H groups in total. The Kier molecular flexibility index (Phi) is 4.62. The summed E-state index contributed by atoms with van der Waals surface area (Å²) in [6.45, 7) is 8.09. The van der Waals surface area contributed by atoms with Gasteiger partial charge in [-0.15, -0.1) is 0 Å². The number of hydrogen-bond donors (Lipinski definition) is 1. The van der Waals surface area contributed by atoms with Crippen molar-refractivity contribution in [3.8, 4) is 0 Å². The number of amides is 1. The van der Waals surface area contributed by atoms with E-state index in [1.54, 1.807) is 0 Å². The third-order valence-electron chi connectivity index (χ3n) is 4.43. The molecule has 126 valence electrons. The highest BCUT2D eigenvalue weighted by atomic mass is 16.6. The van der Waals surface area contributed by atoms with E-state index < -0.39 is 5.60 Å². The maximum Gasteiger partial charge on any atom is 0.410 e. The van der Waals surface area contributed by atoms with Crippen molar-refractivity contribution < 1.29 is 9.53 Å². The molecular formula is C19H28N2O2. The molecule has 1 aromatic carbocycles. The number of rotatable bonds is 4. The van der Waals surface area contributed by atoms with Crippen LogP contribution in [0.1, 0.15) is 57.1 Å². The summed E-state index contributed by atoms with van der Waals surface area (Å²) in [4.78, 5) is 13.9. The fourth-order valence-corrected chi connectivity index (χ4v) is 3.06. The van der Waals surface area contributed by atoms with Crippen LogP contribution >= 0.6 is 0 Å². The van der Waals surface area contributed by atoms with Gasteiger partial charge in [0, 0.05) is 25.7 Å². The zero-order valence-corrected chi connectivity index (χ0v) is 14.5. The molecule has 0 bridgehead atoms. The number of hydrogen-bond acceptors (Lipinski definition) is 3. The first-order valence-corrected chi connectivity index (χ1v) is 8.71. The minimum Gasteiger partial charge on any atom is -0.444 e. The van der Waals surface area contributed by atoms with E-state index in [0.29, 0.717) is 6.04 Å². The van der Waals surface area contributed by atoms with Gasteiger partial charge in [-0.25, -0.2) is 4.79 Å². The normalized spacial score (nSPS) is 21.5. The number of likely N-dealkylation sites (tertiary alicyclic amines) is 1. The van der Waals surface area contributed by atoms with Gasteiger partial charge in [0.15, 0.2) is 0 Å². The van der Waals surface area contributed by atoms with Gasteiger partial charge in [0.1, 0.15) is 5.60 Å². The topological polar surface area (TPSA) is 41.6 Å². The molecule has 1 unspecified atom stereocenters. The third kappa shape index (κ3) is 4.71. The van der Waals surface area contributed by atoms with Crippen LogP contribution in [0.5, 0.6) is 0 Å². The third-order valence-corrected chi connectivity index (χ3v) is 4.43. The second-order valence-corrected chi connectivity index (χ2v) is 7.81. The molecule has 4 heteroatoms. The minimum absolute atomic E-state index is 0.197. The minimum atomic E-state index is -0.425. The van der Waals surface area contributed by atoms with E-state index in [0.717, 1.165) is 32.0 Å². The summed E-state index contributed by atoms with van der Waals surface area (Å²) in [5.74, 6) is 0.795. The first-order valence-electron chi connectivity index (χ1n) is 8.71. The highest BCUT2D eigenvalue weighted by molar-refractivity contribution is 5.68. The number of carbonyl (C=O) groups excluding carboxylic acids is 1. The smallest absolute Gasteiger partial charge is 0.410 e. The van der Waals surface area contributed by atoms with Gasteiger partial charge in [-0.2, -0.15) is 0 Å². The molecule has 4 nitrogen and oxygen atoms in total. The van der Waals surface area contributed by atoms with E-state index in [4.69, 9.17) is 4.74 Å². The molecule has 1 heterocycles. The second kappa shape index (κ2) is 6.52. The van der Waals surface area contributed by atoms with Crippen LogP contribution in [-0.2, 0) is 11.3 Å². The Morgan fingerprint density at radius 2 is 2.09 bits per heavy atom. The van der Waals surface area contributed by atoms with Gasteiger partial charge < -0.3 is 15.0 Å². The van der Waals surface area contributed by atoms with Crippen molar-refractivity contribution in [3.05, 3.63) is 35.4 Å². The molecule has 2 fully saturated rings. The van der Waals surface area contributed by atoms with Crippen molar-refractivity contribution in [2.75, 3.05) is 13.1 Å². The molecule has 1 aliphatic carbocycles. The summed E-state index contributed by atoms with van der Waals surface area (Å²) in [6.07, 6.45) is 3.47. The van der Waals surface area contributed by atoms with Gasteiger partial charge in [-0.05, 0) is 57.1 Å². The van der Waals surface area contributed by atoms with Crippen LogP contribution in [0.2, 0.25) is 0 Å². The Hall–Kier alpha value is -1.55. The average molecular weight is 316 g/mol. The molecular weight excluding hydrogens is 288 g/mol. The van der Waals surface area contributed by atoms with Gasteiger partial charge in [0.25, 0.3) is 0 Å². The maximum absolute atomic E-state index is 12.1. The summed E-state index contributed by atoms with van der Waals surface area (Å²) in [5.41, 5.74) is 2.39. The number of nitrogens with zero attached hydrogens (tertiary/aromatic N) is 1. The molecule has 1 aliphatic heterocycles. The monoisotopic (exact) mass is 316 g/mol. The zero-order valence-electron chi connectivity index (χ0n) is 14.5. The van der Waals surface area contributed by atoms with Gasteiger partial charge >= 0.3 is 6.09 Å². The summed E-state index contributed by atoms with van der Waals surface area (Å²) in [7, 11) is 0. The van der Waals surface area contributed by atoms with Crippen LogP contribution in [0.25, 0.3) is 0 Å². The van der Waals surface area contributed by atoms with Crippen LogP contribution in [0.4, 0.5) is 4.79 Å². The molecule has 1 atom stereocenters. The van der Waals surface area contributed by atoms with E-state index in [2.05, 4.69) is 29.6 Å². The van der Waals surface area contributed by atoms with E-state index in [1.807, 2.05) is 25.7 Å². The van der Waals surface area contributed by atoms with Gasteiger partial charge in [-0.3, -0.25) is 0 Å². The van der Waals surface area contributed by atoms with E-state index >= 15 is 0 Å². The Labute approximate surface area is 139 Å². The maximum atomic E-state index is 12.1. The highest BCUT2D eigenvalue weighted by Gasteiger charge is 2.29. The molecule has 23 heavy (non-hydrogen) atoms. The number of ether oxygens (including phenoxy) is 1. The first-order chi connectivity index (χ1) is 10.9. The lowest BCUT2D eigenvalue weighted by molar-refractivity contribution is 0.0291. The quantitative estimate of drug-likeness (QED) is 0.921. The number of benzene rings is 1. The number of carbonyl (C=O) groups is 1. The molecule has 1 saturated heterocycles. The van der Waals surface area contributed by atoms with Crippen LogP contribution in [0.3, 0.4) is 0 Å². The van der Waals surface area contributed by atoms with Gasteiger partial charge in [-0.1, -0.05) is 24.3 Å². The van der Waals surface area contributed by atoms with Crippen LogP contribution in [0.15, 0.2) is 24.3 Å². The average Bonchev–Trinajstić information content (AvgIpc) is 3.22. The molecule has 1 aromatic rings. The van der Waals surface area contributed by atoms with Crippen molar-refractivity contribution in [3.63, 3.8) is 0 Å². The van der Waals surface area contributed by atoms with E-state index in [-0.39, 0.29) is 6.09 Å². The number of nitrogens with one attached hydrogen (secondary N) is 1. The predicted octanol–water partition coefficient (Wildman–Crippen LogP) is 3.66. The Balaban J connectivity index is 1.46. The summed E-state index contributed by atoms with van der Waals surface area (Å²) in [6, 6.07) is 9.25. The lowest BCUT2D eigenvalue weighted by atomic mass is 10.1. The second-order valence-electron chi connectivity index (χ2n) is 7.81. The molecule has 2 aliphatic rings. The van der Waals surface area contributed by atoms with Gasteiger partial charge in [0.05, 0.1) is 0 Å². The fourth-order valence-electron chi connectivity index (χ4n) is 3.06. The van der Waals surface area contributed by atoms with Crippen molar-refractivity contribution in [2.24, 2.45) is 0 Å². The Bertz CT molecular complexity index is 561. The molecule has 1 amide bonds. The van der Waals surface area contributed by atoms with Crippen LogP contribution < -0.4 is 5.32 Å². The van der Waals surface area contributed by atoms with E-state index in [1.165, 1.54) is 24.0 Å². The van der Waals surface area contributed by atoms with Crippen molar-refractivity contribution in [1.82, 2.24) is 10.2 Å². The van der Waals surface area contributed by atoms with Crippen LogP contribution in [-0.4, -0.2) is 35.7 Å². The fraction of sp³-hybridized carbons (Fsp3) is 0.632. The van der Waals surface area contributed by atoms with Crippen molar-refractivity contribution in [1.29, 1.82) is 0 Å². The van der Waals surface area contributed by atoms with Crippen molar-refractivity contribution in [2.45, 2.75) is 64.1 Å². The summed E-state index contributed by atoms with van der Waals surface area (Å²) >= 11 is 0. The molecule has 0 spiro atoms. The Morgan fingerprint density at radius 1 is 1.30 bits per heavy atom. The molecule has 0 aromatic heterocycles. The predicted molar refractivity (Wildman–Crippen MR) is 91.5 cm³/mol. The first kappa shape index (κ1) is 16.3. The van der Waals surface area contributed by atoms with Crippen LogP contribution in [0, 0.1) is 0 Å². The van der Waals surface area contributed by atoms with Crippen molar-refractivity contribution >= 4 is 6.09 Å². The molecule has 3 rings (SSSR count). The highest BCUT2D eigenvalue weighted by Crippen LogP contribution is 2.40. The SMILES string of the molecule is CC(C)(C)OC(=O)N1CCC(NCc2cccc(C3CC3)c2)C1.